The van der Waals surface area contributed by atoms with Crippen LogP contribution in [0.4, 0.5) is 42.5 Å². The molecule has 36 heavy (non-hydrogen) atoms. The number of carbonyl (C=O) groups is 3. The molecule has 0 aliphatic rings. The highest BCUT2D eigenvalue weighted by Crippen LogP contribution is 2.37. The van der Waals surface area contributed by atoms with E-state index in [1.807, 2.05) is 5.32 Å². The molecule has 11 nitrogen and oxygen atoms in total. The van der Waals surface area contributed by atoms with Gasteiger partial charge in [0.1, 0.15) is 6.54 Å². The second-order valence-electron chi connectivity index (χ2n) is 6.95. The van der Waals surface area contributed by atoms with E-state index in [1.54, 1.807) is 0 Å². The maximum atomic E-state index is 13.0. The Hall–Kier alpha value is -4.70. The van der Waals surface area contributed by atoms with Crippen molar-refractivity contribution in [3.63, 3.8) is 0 Å². The lowest BCUT2D eigenvalue weighted by Crippen LogP contribution is -2.29. The number of aromatic nitrogens is 4. The van der Waals surface area contributed by atoms with E-state index in [4.69, 9.17) is 5.11 Å². The number of carboxylic acids is 1. The quantitative estimate of drug-likeness (QED) is 0.313. The zero-order chi connectivity index (χ0) is 26.7. The zero-order valence-corrected chi connectivity index (χ0v) is 17.5. The van der Waals surface area contributed by atoms with Gasteiger partial charge in [-0.3, -0.25) is 9.59 Å². The number of hydrogen-bond acceptors (Lipinski definition) is 6. The molecule has 0 spiro atoms. The molecular formula is C19H13F6N7O4. The van der Waals surface area contributed by atoms with Crippen molar-refractivity contribution in [2.45, 2.75) is 12.4 Å². The number of alkyl halides is 6. The number of hydrogen-bond donors (Lipinski definition) is 5. The molecule has 3 amide bonds. The van der Waals surface area contributed by atoms with E-state index in [0.717, 1.165) is 12.1 Å². The van der Waals surface area contributed by atoms with Crippen LogP contribution in [0.3, 0.4) is 0 Å². The smallest absolute Gasteiger partial charge is 0.416 e. The Morgan fingerprint density at radius 2 is 1.56 bits per heavy atom. The van der Waals surface area contributed by atoms with Crippen LogP contribution in [0.25, 0.3) is 11.4 Å². The van der Waals surface area contributed by atoms with Crippen LogP contribution in [0.5, 0.6) is 0 Å². The summed E-state index contributed by atoms with van der Waals surface area (Å²) in [6.45, 7) is -0.685. The van der Waals surface area contributed by atoms with Crippen LogP contribution >= 0.6 is 0 Å². The molecule has 0 aliphatic carbocycles. The van der Waals surface area contributed by atoms with Crippen molar-refractivity contribution in [1.29, 1.82) is 0 Å². The van der Waals surface area contributed by atoms with Crippen LogP contribution in [-0.4, -0.2) is 50.2 Å². The Bertz CT molecular complexity index is 1260. The molecule has 0 atom stereocenters. The number of H-pyrrole nitrogens is 1. The number of aromatic amines is 1. The molecule has 2 aromatic carbocycles. The van der Waals surface area contributed by atoms with Gasteiger partial charge >= 0.3 is 24.4 Å². The average molecular weight is 517 g/mol. The number of benzene rings is 2. The first-order valence-electron chi connectivity index (χ1n) is 9.49. The summed E-state index contributed by atoms with van der Waals surface area (Å²) in [4.78, 5) is 35.2. The Morgan fingerprint density at radius 3 is 2.08 bits per heavy atom. The maximum absolute atomic E-state index is 13.0. The summed E-state index contributed by atoms with van der Waals surface area (Å²) in [6.07, 6.45) is -10.2. The number of carbonyl (C=O) groups excluding carboxylic acids is 2. The lowest BCUT2D eigenvalue weighted by molar-refractivity contribution is -0.143. The number of tetrazole rings is 1. The minimum atomic E-state index is -5.11. The SMILES string of the molecule is O=C(O)CNC(=O)c1ccc(NC(=O)Nc2cc(C(F)(F)F)cc(C(F)(F)F)c2)c(-c2nn[nH]n2)c1. The fraction of sp³-hybridized carbons (Fsp3) is 0.158. The van der Waals surface area contributed by atoms with Crippen LogP contribution in [0.15, 0.2) is 36.4 Å². The van der Waals surface area contributed by atoms with E-state index >= 15 is 0 Å². The summed E-state index contributed by atoms with van der Waals surface area (Å²) in [5.74, 6) is -2.25. The molecule has 0 aliphatic heterocycles. The van der Waals surface area contributed by atoms with Gasteiger partial charge in [0.2, 0.25) is 5.82 Å². The van der Waals surface area contributed by atoms with Crippen molar-refractivity contribution < 1.29 is 45.8 Å². The van der Waals surface area contributed by atoms with Gasteiger partial charge in [0.05, 0.1) is 16.8 Å². The Labute approximate surface area is 195 Å². The molecule has 17 heteroatoms. The highest BCUT2D eigenvalue weighted by atomic mass is 19.4. The van der Waals surface area contributed by atoms with Gasteiger partial charge in [-0.1, -0.05) is 0 Å². The van der Waals surface area contributed by atoms with E-state index < -0.39 is 53.6 Å². The third kappa shape index (κ3) is 6.45. The Balaban J connectivity index is 1.89. The van der Waals surface area contributed by atoms with Crippen molar-refractivity contribution >= 4 is 29.3 Å². The Morgan fingerprint density at radius 1 is 0.917 bits per heavy atom. The number of nitrogens with zero attached hydrogens (tertiary/aromatic N) is 3. The molecule has 0 saturated heterocycles. The van der Waals surface area contributed by atoms with Crippen LogP contribution in [0.1, 0.15) is 21.5 Å². The molecule has 1 aromatic heterocycles. The van der Waals surface area contributed by atoms with Crippen LogP contribution in [-0.2, 0) is 17.1 Å². The highest BCUT2D eigenvalue weighted by molar-refractivity contribution is 6.04. The summed E-state index contributed by atoms with van der Waals surface area (Å²) in [5, 5.41) is 27.8. The highest BCUT2D eigenvalue weighted by Gasteiger charge is 2.37. The number of amides is 3. The lowest BCUT2D eigenvalue weighted by atomic mass is 10.1. The maximum Gasteiger partial charge on any atom is 0.416 e. The van der Waals surface area contributed by atoms with Crippen molar-refractivity contribution in [3.8, 4) is 11.4 Å². The van der Waals surface area contributed by atoms with Crippen molar-refractivity contribution in [1.82, 2.24) is 25.9 Å². The largest absolute Gasteiger partial charge is 0.480 e. The molecule has 3 aromatic rings. The normalized spacial score (nSPS) is 11.6. The standard InChI is InChI=1S/C19H13F6N7O4/c20-18(21,22)9-4-10(19(23,24)25)6-11(5-9)27-17(36)28-13-2-1-8(16(35)26-7-14(33)34)3-12(13)15-29-31-32-30-15/h1-6H,7H2,(H,26,35)(H,33,34)(H2,27,28,36)(H,29,30,31,32). The first-order chi connectivity index (χ1) is 16.7. The molecule has 1 heterocycles. The molecule has 0 unspecified atom stereocenters. The topological polar surface area (TPSA) is 162 Å². The predicted molar refractivity (Wildman–Crippen MR) is 109 cm³/mol. The Kier molecular flexibility index (Phi) is 7.12. The average Bonchev–Trinajstić information content (AvgIpc) is 3.31. The lowest BCUT2D eigenvalue weighted by Gasteiger charge is -2.16. The minimum absolute atomic E-state index is 0.0260. The number of carboxylic acid groups (broad SMARTS) is 1. The molecule has 3 rings (SSSR count). The monoisotopic (exact) mass is 517 g/mol. The number of urea groups is 1. The zero-order valence-electron chi connectivity index (χ0n) is 17.5. The molecule has 0 bridgehead atoms. The molecular weight excluding hydrogens is 504 g/mol. The minimum Gasteiger partial charge on any atom is -0.480 e. The summed E-state index contributed by atoms with van der Waals surface area (Å²) in [6, 6.07) is 2.82. The molecule has 0 fully saturated rings. The number of nitrogens with one attached hydrogen (secondary N) is 4. The molecule has 0 radical (unpaired) electrons. The summed E-state index contributed by atoms with van der Waals surface area (Å²) in [7, 11) is 0. The van der Waals surface area contributed by atoms with Crippen LogP contribution in [0, 0.1) is 0 Å². The van der Waals surface area contributed by atoms with E-state index in [1.165, 1.54) is 6.07 Å². The van der Waals surface area contributed by atoms with E-state index in [2.05, 4.69) is 31.3 Å². The van der Waals surface area contributed by atoms with E-state index in [9.17, 15) is 40.7 Å². The van der Waals surface area contributed by atoms with Gasteiger partial charge in [0, 0.05) is 16.8 Å². The van der Waals surface area contributed by atoms with Gasteiger partial charge in [0.25, 0.3) is 5.91 Å². The number of rotatable bonds is 6. The van der Waals surface area contributed by atoms with E-state index in [0.29, 0.717) is 12.1 Å². The fourth-order valence-corrected chi connectivity index (χ4v) is 2.83. The predicted octanol–water partition coefficient (Wildman–Crippen LogP) is 3.36. The van der Waals surface area contributed by atoms with Crippen molar-refractivity contribution in [3.05, 3.63) is 53.1 Å². The van der Waals surface area contributed by atoms with E-state index in [-0.39, 0.29) is 28.7 Å². The summed E-state index contributed by atoms with van der Waals surface area (Å²) in [5.41, 5.74) is -4.25. The number of halogens is 6. The third-order valence-corrected chi connectivity index (χ3v) is 4.36. The molecule has 0 saturated carbocycles. The van der Waals surface area contributed by atoms with Crippen LogP contribution in [0.2, 0.25) is 0 Å². The van der Waals surface area contributed by atoms with Crippen molar-refractivity contribution in [2.24, 2.45) is 0 Å². The van der Waals surface area contributed by atoms with Gasteiger partial charge < -0.3 is 21.1 Å². The van der Waals surface area contributed by atoms with Gasteiger partial charge in [-0.05, 0) is 41.6 Å². The fourth-order valence-electron chi connectivity index (χ4n) is 2.83. The second kappa shape index (κ2) is 9.88. The van der Waals surface area contributed by atoms with Gasteiger partial charge in [-0.2, -0.15) is 31.6 Å². The van der Waals surface area contributed by atoms with Gasteiger partial charge in [-0.25, -0.2) is 4.79 Å². The first-order valence-corrected chi connectivity index (χ1v) is 9.49. The summed E-state index contributed by atoms with van der Waals surface area (Å²) >= 11 is 0. The summed E-state index contributed by atoms with van der Waals surface area (Å²) < 4.78 is 78.3. The number of anilines is 2. The molecule has 5 N–H and O–H groups in total. The van der Waals surface area contributed by atoms with Gasteiger partial charge in [-0.15, -0.1) is 10.2 Å². The second-order valence-corrected chi connectivity index (χ2v) is 6.95. The third-order valence-electron chi connectivity index (χ3n) is 4.36. The van der Waals surface area contributed by atoms with Gasteiger partial charge in [0.15, 0.2) is 0 Å². The number of aliphatic carboxylic acids is 1. The molecule has 190 valence electrons. The van der Waals surface area contributed by atoms with Crippen LogP contribution < -0.4 is 16.0 Å². The first kappa shape index (κ1) is 25.9. The van der Waals surface area contributed by atoms with Crippen molar-refractivity contribution in [2.75, 3.05) is 17.2 Å².